The Labute approximate surface area is 102 Å². The third-order valence-corrected chi connectivity index (χ3v) is 2.50. The Hall–Kier alpha value is -1.35. The van der Waals surface area contributed by atoms with Crippen molar-refractivity contribution in [1.82, 2.24) is 0 Å². The highest BCUT2D eigenvalue weighted by Gasteiger charge is 2.18. The van der Waals surface area contributed by atoms with E-state index in [1.54, 1.807) is 0 Å². The van der Waals surface area contributed by atoms with Gasteiger partial charge in [0.05, 0.1) is 0 Å². The maximum absolute atomic E-state index is 11.1. The fraction of sp³-hybridized carbons (Fsp3) is 0.500. The van der Waals surface area contributed by atoms with Gasteiger partial charge < -0.3 is 9.84 Å². The lowest BCUT2D eigenvalue weighted by Gasteiger charge is -2.14. The summed E-state index contributed by atoms with van der Waals surface area (Å²) in [5, 5.41) is 9.07. The lowest BCUT2D eigenvalue weighted by Crippen LogP contribution is -2.26. The standard InChI is InChI=1S/C14H20O3/c1-4-5-17-13(14(15)16)9-12-7-10(2)6-11(3)8-12/h6-8,13H,4-5,9H2,1-3H3,(H,15,16)/t13-/m1/s1. The van der Waals surface area contributed by atoms with E-state index < -0.39 is 12.1 Å². The van der Waals surface area contributed by atoms with Gasteiger partial charge in [0.25, 0.3) is 0 Å². The Morgan fingerprint density at radius 3 is 2.35 bits per heavy atom. The van der Waals surface area contributed by atoms with Crippen LogP contribution in [-0.2, 0) is 16.0 Å². The molecule has 0 bridgehead atoms. The largest absolute Gasteiger partial charge is 0.479 e. The summed E-state index contributed by atoms with van der Waals surface area (Å²) in [6.45, 7) is 6.48. The van der Waals surface area contributed by atoms with E-state index >= 15 is 0 Å². The highest BCUT2D eigenvalue weighted by atomic mass is 16.5. The van der Waals surface area contributed by atoms with Crippen molar-refractivity contribution in [3.63, 3.8) is 0 Å². The molecule has 0 aliphatic heterocycles. The Morgan fingerprint density at radius 2 is 1.88 bits per heavy atom. The van der Waals surface area contributed by atoms with Crippen LogP contribution < -0.4 is 0 Å². The fourth-order valence-corrected chi connectivity index (χ4v) is 1.88. The van der Waals surface area contributed by atoms with Gasteiger partial charge in [-0.05, 0) is 25.8 Å². The number of hydrogen-bond donors (Lipinski definition) is 1. The van der Waals surface area contributed by atoms with Crippen LogP contribution in [0.15, 0.2) is 18.2 Å². The monoisotopic (exact) mass is 236 g/mol. The summed E-state index contributed by atoms with van der Waals surface area (Å²) in [4.78, 5) is 11.1. The fourth-order valence-electron chi connectivity index (χ4n) is 1.88. The van der Waals surface area contributed by atoms with E-state index in [1.807, 2.05) is 32.9 Å². The Morgan fingerprint density at radius 1 is 1.29 bits per heavy atom. The molecule has 1 atom stereocenters. The molecule has 0 aromatic heterocycles. The van der Waals surface area contributed by atoms with Gasteiger partial charge in [-0.3, -0.25) is 0 Å². The zero-order valence-electron chi connectivity index (χ0n) is 10.7. The van der Waals surface area contributed by atoms with Crippen LogP contribution in [0.1, 0.15) is 30.0 Å². The molecule has 1 rings (SSSR count). The van der Waals surface area contributed by atoms with Gasteiger partial charge in [0.15, 0.2) is 6.10 Å². The molecule has 0 saturated heterocycles. The summed E-state index contributed by atoms with van der Waals surface area (Å²) in [6.07, 6.45) is 0.519. The first kappa shape index (κ1) is 13.7. The first-order valence-corrected chi connectivity index (χ1v) is 5.94. The van der Waals surface area contributed by atoms with E-state index in [2.05, 4.69) is 6.07 Å². The first-order chi connectivity index (χ1) is 8.02. The highest BCUT2D eigenvalue weighted by Crippen LogP contribution is 2.12. The van der Waals surface area contributed by atoms with Gasteiger partial charge in [-0.25, -0.2) is 4.79 Å². The molecule has 94 valence electrons. The summed E-state index contributed by atoms with van der Waals surface area (Å²) in [6, 6.07) is 6.10. The molecular weight excluding hydrogens is 216 g/mol. The molecule has 0 fully saturated rings. The van der Waals surface area contributed by atoms with Crippen LogP contribution in [0.3, 0.4) is 0 Å². The number of rotatable bonds is 6. The third kappa shape index (κ3) is 4.57. The average molecular weight is 236 g/mol. The van der Waals surface area contributed by atoms with Crippen molar-refractivity contribution in [1.29, 1.82) is 0 Å². The molecule has 17 heavy (non-hydrogen) atoms. The maximum atomic E-state index is 11.1. The molecule has 0 spiro atoms. The molecular formula is C14H20O3. The summed E-state index contributed by atoms with van der Waals surface area (Å²) in [5.74, 6) is -0.891. The predicted octanol–water partition coefficient (Wildman–Crippen LogP) is 2.73. The second-order valence-electron chi connectivity index (χ2n) is 4.40. The Bertz CT molecular complexity index is 365. The molecule has 3 heteroatoms. The van der Waals surface area contributed by atoms with Crippen LogP contribution >= 0.6 is 0 Å². The molecule has 0 aliphatic carbocycles. The van der Waals surface area contributed by atoms with E-state index in [-0.39, 0.29) is 0 Å². The van der Waals surface area contributed by atoms with Gasteiger partial charge in [0.2, 0.25) is 0 Å². The van der Waals surface area contributed by atoms with Gasteiger partial charge in [0.1, 0.15) is 0 Å². The summed E-state index contributed by atoms with van der Waals surface area (Å²) < 4.78 is 5.34. The summed E-state index contributed by atoms with van der Waals surface area (Å²) in [7, 11) is 0. The minimum absolute atomic E-state index is 0.428. The van der Waals surface area contributed by atoms with E-state index in [0.29, 0.717) is 13.0 Å². The van der Waals surface area contributed by atoms with Crippen LogP contribution in [0.5, 0.6) is 0 Å². The zero-order valence-corrected chi connectivity index (χ0v) is 10.7. The predicted molar refractivity (Wildman–Crippen MR) is 67.3 cm³/mol. The van der Waals surface area contributed by atoms with Crippen LogP contribution in [0.2, 0.25) is 0 Å². The van der Waals surface area contributed by atoms with Crippen LogP contribution in [0.25, 0.3) is 0 Å². The number of aliphatic carboxylic acids is 1. The smallest absolute Gasteiger partial charge is 0.333 e. The highest BCUT2D eigenvalue weighted by molar-refractivity contribution is 5.72. The number of ether oxygens (including phenoxy) is 1. The molecule has 1 N–H and O–H groups in total. The van der Waals surface area contributed by atoms with Crippen molar-refractivity contribution in [2.45, 2.75) is 39.7 Å². The first-order valence-electron chi connectivity index (χ1n) is 5.94. The molecule has 3 nitrogen and oxygen atoms in total. The van der Waals surface area contributed by atoms with E-state index in [0.717, 1.165) is 23.1 Å². The normalized spacial score (nSPS) is 12.4. The topological polar surface area (TPSA) is 46.5 Å². The SMILES string of the molecule is CCCO[C@H](Cc1cc(C)cc(C)c1)C(=O)O. The quantitative estimate of drug-likeness (QED) is 0.826. The second kappa shape index (κ2) is 6.40. The Balaban J connectivity index is 2.74. The van der Waals surface area contributed by atoms with Crippen molar-refractivity contribution < 1.29 is 14.6 Å². The zero-order chi connectivity index (χ0) is 12.8. The van der Waals surface area contributed by atoms with Crippen molar-refractivity contribution in [3.05, 3.63) is 34.9 Å². The number of benzene rings is 1. The summed E-state index contributed by atoms with van der Waals surface area (Å²) >= 11 is 0. The van der Waals surface area contributed by atoms with E-state index in [9.17, 15) is 4.79 Å². The lowest BCUT2D eigenvalue weighted by atomic mass is 10.0. The molecule has 0 aliphatic rings. The maximum Gasteiger partial charge on any atom is 0.333 e. The minimum Gasteiger partial charge on any atom is -0.479 e. The number of carboxylic acid groups (broad SMARTS) is 1. The number of hydrogen-bond acceptors (Lipinski definition) is 2. The molecule has 0 radical (unpaired) electrons. The third-order valence-electron chi connectivity index (χ3n) is 2.50. The molecule has 1 aromatic carbocycles. The van der Waals surface area contributed by atoms with E-state index in [1.165, 1.54) is 0 Å². The molecule has 1 aromatic rings. The van der Waals surface area contributed by atoms with Gasteiger partial charge in [0, 0.05) is 13.0 Å². The van der Waals surface area contributed by atoms with Crippen molar-refractivity contribution in [2.24, 2.45) is 0 Å². The number of carbonyl (C=O) groups is 1. The van der Waals surface area contributed by atoms with Gasteiger partial charge in [-0.1, -0.05) is 36.2 Å². The van der Waals surface area contributed by atoms with Crippen molar-refractivity contribution >= 4 is 5.97 Å². The van der Waals surface area contributed by atoms with Gasteiger partial charge >= 0.3 is 5.97 Å². The second-order valence-corrected chi connectivity index (χ2v) is 4.40. The Kier molecular flexibility index (Phi) is 5.16. The average Bonchev–Trinajstić information content (AvgIpc) is 2.22. The van der Waals surface area contributed by atoms with Crippen LogP contribution in [-0.4, -0.2) is 23.8 Å². The van der Waals surface area contributed by atoms with Gasteiger partial charge in [-0.2, -0.15) is 0 Å². The number of carboxylic acids is 1. The van der Waals surface area contributed by atoms with Crippen LogP contribution in [0, 0.1) is 13.8 Å². The number of aryl methyl sites for hydroxylation is 2. The van der Waals surface area contributed by atoms with Crippen molar-refractivity contribution in [3.8, 4) is 0 Å². The molecule has 0 saturated carbocycles. The van der Waals surface area contributed by atoms with Crippen molar-refractivity contribution in [2.75, 3.05) is 6.61 Å². The van der Waals surface area contributed by atoms with Crippen LogP contribution in [0.4, 0.5) is 0 Å². The van der Waals surface area contributed by atoms with E-state index in [4.69, 9.17) is 9.84 Å². The minimum atomic E-state index is -0.891. The molecule has 0 heterocycles. The lowest BCUT2D eigenvalue weighted by molar-refractivity contribution is -0.150. The molecule has 0 amide bonds. The summed E-state index contributed by atoms with van der Waals surface area (Å²) in [5.41, 5.74) is 3.32. The van der Waals surface area contributed by atoms with Gasteiger partial charge in [-0.15, -0.1) is 0 Å². The molecule has 0 unspecified atom stereocenters.